The second kappa shape index (κ2) is 6.60. The van der Waals surface area contributed by atoms with Crippen molar-refractivity contribution in [2.24, 2.45) is 0 Å². The van der Waals surface area contributed by atoms with E-state index in [1.165, 1.54) is 24.3 Å². The highest BCUT2D eigenvalue weighted by Crippen LogP contribution is 2.55. The third-order valence-electron chi connectivity index (χ3n) is 4.08. The van der Waals surface area contributed by atoms with Crippen molar-refractivity contribution in [3.8, 4) is 11.5 Å². The number of carbonyl (C=O) groups excluding carboxylic acids is 2. The van der Waals surface area contributed by atoms with E-state index in [0.29, 0.717) is 0 Å². The van der Waals surface area contributed by atoms with E-state index >= 15 is 0 Å². The van der Waals surface area contributed by atoms with E-state index < -0.39 is 77.2 Å². The molecule has 0 aliphatic carbocycles. The van der Waals surface area contributed by atoms with Crippen LogP contribution in [0.25, 0.3) is 11.2 Å². The van der Waals surface area contributed by atoms with Crippen molar-refractivity contribution in [3.05, 3.63) is 41.5 Å². The number of ether oxygens (including phenoxy) is 2. The lowest BCUT2D eigenvalue weighted by atomic mass is 10.2. The van der Waals surface area contributed by atoms with Gasteiger partial charge in [0.05, 0.1) is 5.56 Å². The Hall–Kier alpha value is -3.30. The second-order valence-electron chi connectivity index (χ2n) is 6.10. The monoisotopic (exact) mass is 478 g/mol. The summed E-state index contributed by atoms with van der Waals surface area (Å²) in [4.78, 5) is 23.7. The second-order valence-corrected chi connectivity index (χ2v) is 9.13. The third kappa shape index (κ3) is 3.26. The molecule has 2 aromatic heterocycles. The predicted octanol–water partition coefficient (Wildman–Crippen LogP) is 1.81. The van der Waals surface area contributed by atoms with Gasteiger partial charge in [-0.25, -0.2) is 9.59 Å². The molecule has 15 heteroatoms. The Morgan fingerprint density at radius 1 is 1.10 bits per heavy atom. The molecule has 1 aliphatic heterocycles. The van der Waals surface area contributed by atoms with Crippen molar-refractivity contribution in [1.29, 1.82) is 0 Å². The largest absolute Gasteiger partial charge is 0.454 e. The molecule has 1 N–H and O–H groups in total. The van der Waals surface area contributed by atoms with Crippen LogP contribution in [0.4, 0.5) is 8.78 Å². The molecule has 11 nitrogen and oxygen atoms in total. The average Bonchev–Trinajstić information content (AvgIpc) is 3.28. The summed E-state index contributed by atoms with van der Waals surface area (Å²) in [5.41, 5.74) is -2.05. The lowest BCUT2D eigenvalue weighted by Gasteiger charge is -2.12. The third-order valence-corrected chi connectivity index (χ3v) is 6.23. The van der Waals surface area contributed by atoms with Crippen LogP contribution in [0.2, 0.25) is 0 Å². The molecule has 2 bridgehead atoms. The molecule has 164 valence electrons. The van der Waals surface area contributed by atoms with Gasteiger partial charge in [0.1, 0.15) is 5.56 Å². The van der Waals surface area contributed by atoms with Crippen molar-refractivity contribution in [2.45, 2.75) is 10.2 Å². The molecule has 0 amide bonds. The summed E-state index contributed by atoms with van der Waals surface area (Å²) in [6.45, 7) is -2.12. The number of rotatable bonds is 6. The van der Waals surface area contributed by atoms with E-state index in [1.807, 2.05) is 0 Å². The van der Waals surface area contributed by atoms with Crippen LogP contribution >= 0.6 is 0 Å². The molecule has 1 aliphatic rings. The molecule has 0 saturated carbocycles. The molecule has 4 rings (SSSR count). The van der Waals surface area contributed by atoms with Gasteiger partial charge in [0.2, 0.25) is 11.5 Å². The number of hydrogen-bond donors (Lipinski definition) is 1. The predicted molar refractivity (Wildman–Crippen MR) is 93.4 cm³/mol. The van der Waals surface area contributed by atoms with E-state index in [1.54, 1.807) is 6.07 Å². The number of alkyl halides is 2. The van der Waals surface area contributed by atoms with Crippen molar-refractivity contribution in [1.82, 2.24) is 0 Å². The average molecular weight is 478 g/mol. The molecule has 0 fully saturated rings. The summed E-state index contributed by atoms with van der Waals surface area (Å²) in [6.07, 6.45) is 0. The Kier molecular flexibility index (Phi) is 4.46. The maximum atomic E-state index is 13.3. The zero-order chi connectivity index (χ0) is 22.8. The molecule has 0 spiro atoms. The van der Waals surface area contributed by atoms with E-state index in [9.17, 15) is 35.2 Å². The van der Waals surface area contributed by atoms with Gasteiger partial charge < -0.3 is 18.1 Å². The van der Waals surface area contributed by atoms with Crippen LogP contribution in [0.1, 0.15) is 20.7 Å². The molecular formula is C16H8F2O11S2. The molecule has 0 radical (unpaired) electrons. The molecule has 0 unspecified atom stereocenters. The summed E-state index contributed by atoms with van der Waals surface area (Å²) in [6, 6.07) is 7.39. The van der Waals surface area contributed by atoms with E-state index in [0.717, 1.165) is 0 Å². The Bertz CT molecular complexity index is 1420. The number of carbonyl (C=O) groups is 2. The Morgan fingerprint density at radius 3 is 2.35 bits per heavy atom. The fourth-order valence-corrected chi connectivity index (χ4v) is 4.15. The maximum absolute atomic E-state index is 13.3. The number of benzene rings is 2. The van der Waals surface area contributed by atoms with E-state index in [4.69, 9.17) is 17.9 Å². The van der Waals surface area contributed by atoms with Crippen LogP contribution < -0.4 is 8.92 Å². The first kappa shape index (κ1) is 21.0. The Balaban J connectivity index is 1.71. The van der Waals surface area contributed by atoms with Gasteiger partial charge in [-0.15, -0.1) is 0 Å². The minimum atomic E-state index is -5.91. The number of furan rings is 2. The van der Waals surface area contributed by atoms with Crippen LogP contribution in [0.15, 0.2) is 39.6 Å². The summed E-state index contributed by atoms with van der Waals surface area (Å²) in [5.74, 6) is -3.85. The fourth-order valence-electron chi connectivity index (χ4n) is 2.70. The first-order chi connectivity index (χ1) is 14.3. The minimum absolute atomic E-state index is 0.0472. The van der Waals surface area contributed by atoms with Gasteiger partial charge in [0.25, 0.3) is 0 Å². The Labute approximate surface area is 171 Å². The molecule has 31 heavy (non-hydrogen) atoms. The number of fused-ring (bicyclic) bond motifs is 1. The van der Waals surface area contributed by atoms with Crippen LogP contribution in [0.3, 0.4) is 0 Å². The first-order valence-electron chi connectivity index (χ1n) is 7.99. The Morgan fingerprint density at radius 2 is 1.74 bits per heavy atom. The van der Waals surface area contributed by atoms with E-state index in [-0.39, 0.29) is 5.56 Å². The highest BCUT2D eigenvalue weighted by molar-refractivity contribution is 7.87. The maximum Gasteiger partial charge on any atom is 0.402 e. The zero-order valence-electron chi connectivity index (χ0n) is 14.7. The van der Waals surface area contributed by atoms with Crippen LogP contribution in [0.5, 0.6) is 11.5 Å². The SMILES string of the molecule is O=C(Oc1c2c3oc1c(C(=O)OCC(F)(F)S(=O)(=O)O)c3S(=O)(=O)O2)c1ccccc1. The van der Waals surface area contributed by atoms with Gasteiger partial charge in [-0.1, -0.05) is 18.2 Å². The topological polar surface area (TPSA) is 163 Å². The fraction of sp³-hybridized carbons (Fsp3) is 0.125. The van der Waals surface area contributed by atoms with Crippen molar-refractivity contribution < 1.29 is 57.8 Å². The van der Waals surface area contributed by atoms with Crippen LogP contribution in [-0.4, -0.2) is 45.2 Å². The van der Waals surface area contributed by atoms with Crippen molar-refractivity contribution in [2.75, 3.05) is 6.61 Å². The van der Waals surface area contributed by atoms with Gasteiger partial charge in [0, 0.05) is 0 Å². The number of esters is 2. The van der Waals surface area contributed by atoms with Gasteiger partial charge >= 0.3 is 37.4 Å². The summed E-state index contributed by atoms with van der Waals surface area (Å²) in [5, 5.41) is -4.86. The molecule has 0 saturated heterocycles. The molecule has 3 aromatic rings. The minimum Gasteiger partial charge on any atom is -0.454 e. The number of halogens is 2. The highest BCUT2D eigenvalue weighted by Gasteiger charge is 2.50. The lowest BCUT2D eigenvalue weighted by Crippen LogP contribution is -2.34. The van der Waals surface area contributed by atoms with Gasteiger partial charge in [-0.3, -0.25) is 4.55 Å². The van der Waals surface area contributed by atoms with Crippen molar-refractivity contribution in [3.63, 3.8) is 0 Å². The molecular weight excluding hydrogens is 470 g/mol. The first-order valence-corrected chi connectivity index (χ1v) is 10.8. The zero-order valence-corrected chi connectivity index (χ0v) is 16.3. The lowest BCUT2D eigenvalue weighted by molar-refractivity contribution is -0.00962. The molecule has 3 heterocycles. The summed E-state index contributed by atoms with van der Waals surface area (Å²) >= 11 is 0. The van der Waals surface area contributed by atoms with Crippen LogP contribution in [0, 0.1) is 0 Å². The quantitative estimate of drug-likeness (QED) is 0.238. The van der Waals surface area contributed by atoms with E-state index in [2.05, 4.69) is 4.74 Å². The number of hydrogen-bond acceptors (Lipinski definition) is 10. The van der Waals surface area contributed by atoms with Gasteiger partial charge in [-0.2, -0.15) is 25.6 Å². The highest BCUT2D eigenvalue weighted by atomic mass is 32.2. The smallest absolute Gasteiger partial charge is 0.402 e. The molecule has 0 atom stereocenters. The van der Waals surface area contributed by atoms with Gasteiger partial charge in [0.15, 0.2) is 22.7 Å². The standard InChI is InChI=1S/C16H8F2O11S2/c17-16(18,31(23,24)25)6-26-15(20)8-9-10(28-14(19)7-4-2-1-3-5-7)11-12(27-9)13(8)30(21,22)29-11/h1-5H,6H2,(H,23,24,25). The van der Waals surface area contributed by atoms with Crippen LogP contribution in [-0.2, 0) is 25.0 Å². The van der Waals surface area contributed by atoms with Crippen molar-refractivity contribution >= 4 is 43.3 Å². The normalized spacial score (nSPS) is 15.1. The van der Waals surface area contributed by atoms with Gasteiger partial charge in [-0.05, 0) is 12.1 Å². The summed E-state index contributed by atoms with van der Waals surface area (Å²) in [7, 11) is -10.6. The molecule has 1 aromatic carbocycles. The summed E-state index contributed by atoms with van der Waals surface area (Å²) < 4.78 is 99.9.